The molecule has 0 bridgehead atoms. The van der Waals surface area contributed by atoms with Crippen molar-refractivity contribution in [2.75, 3.05) is 6.54 Å². The molecule has 0 fully saturated rings. The Labute approximate surface area is 178 Å². The highest BCUT2D eigenvalue weighted by atomic mass is 35.5. The van der Waals surface area contributed by atoms with E-state index < -0.39 is 0 Å². The number of aryl methyl sites for hydroxylation is 1. The summed E-state index contributed by atoms with van der Waals surface area (Å²) in [5.74, 6) is 0.102. The first-order valence-corrected chi connectivity index (χ1v) is 10.4. The highest BCUT2D eigenvalue weighted by Crippen LogP contribution is 2.25. The van der Waals surface area contributed by atoms with Gasteiger partial charge in [0, 0.05) is 30.0 Å². The van der Waals surface area contributed by atoms with Crippen LogP contribution in [0.2, 0.25) is 5.02 Å². The molecule has 1 aliphatic heterocycles. The number of benzene rings is 2. The topological polar surface area (TPSA) is 41.9 Å². The number of oxime groups is 1. The normalized spacial score (nSPS) is 16.3. The Morgan fingerprint density at radius 2 is 1.86 bits per heavy atom. The van der Waals surface area contributed by atoms with Crippen molar-refractivity contribution in [1.29, 1.82) is 0 Å². The monoisotopic (exact) mass is 412 g/mol. The SMILES string of the molecule is Cc1ccccc1C1=NO[C@H](CN(Cc2ccccc2Cl)C(=O)CC(C)(C)C)C1. The highest BCUT2D eigenvalue weighted by Gasteiger charge is 2.29. The second-order valence-corrected chi connectivity index (χ2v) is 9.29. The van der Waals surface area contributed by atoms with Crippen molar-refractivity contribution < 1.29 is 9.63 Å². The zero-order valence-electron chi connectivity index (χ0n) is 17.6. The average molecular weight is 413 g/mol. The Hall–Kier alpha value is -2.33. The van der Waals surface area contributed by atoms with Crippen LogP contribution in [0.3, 0.4) is 0 Å². The van der Waals surface area contributed by atoms with Crippen LogP contribution in [0.15, 0.2) is 53.7 Å². The smallest absolute Gasteiger partial charge is 0.223 e. The molecule has 154 valence electrons. The zero-order valence-corrected chi connectivity index (χ0v) is 18.4. The molecule has 4 nitrogen and oxygen atoms in total. The number of halogens is 1. The van der Waals surface area contributed by atoms with Gasteiger partial charge < -0.3 is 9.74 Å². The lowest BCUT2D eigenvalue weighted by atomic mass is 9.91. The maximum atomic E-state index is 13.1. The van der Waals surface area contributed by atoms with Crippen LogP contribution >= 0.6 is 11.6 Å². The van der Waals surface area contributed by atoms with E-state index in [-0.39, 0.29) is 17.4 Å². The van der Waals surface area contributed by atoms with E-state index in [2.05, 4.69) is 45.0 Å². The van der Waals surface area contributed by atoms with E-state index in [4.69, 9.17) is 16.4 Å². The van der Waals surface area contributed by atoms with E-state index in [1.54, 1.807) is 0 Å². The number of nitrogens with zero attached hydrogens (tertiary/aromatic N) is 2. The molecule has 0 saturated heterocycles. The van der Waals surface area contributed by atoms with E-state index >= 15 is 0 Å². The molecule has 0 aliphatic carbocycles. The van der Waals surface area contributed by atoms with E-state index in [9.17, 15) is 4.79 Å². The van der Waals surface area contributed by atoms with E-state index in [0.717, 1.165) is 16.8 Å². The lowest BCUT2D eigenvalue weighted by Crippen LogP contribution is -2.39. The van der Waals surface area contributed by atoms with Gasteiger partial charge in [0.25, 0.3) is 0 Å². The fraction of sp³-hybridized carbons (Fsp3) is 0.417. The molecule has 2 aromatic carbocycles. The Morgan fingerprint density at radius 3 is 2.55 bits per heavy atom. The molecule has 1 aliphatic rings. The average Bonchev–Trinajstić information content (AvgIpc) is 3.10. The van der Waals surface area contributed by atoms with Crippen molar-refractivity contribution in [1.82, 2.24) is 4.90 Å². The fourth-order valence-corrected chi connectivity index (χ4v) is 3.68. The van der Waals surface area contributed by atoms with Gasteiger partial charge in [-0.3, -0.25) is 4.79 Å². The van der Waals surface area contributed by atoms with Crippen LogP contribution in [-0.4, -0.2) is 29.2 Å². The zero-order chi connectivity index (χ0) is 21.0. The minimum Gasteiger partial charge on any atom is -0.390 e. The number of amides is 1. The first-order chi connectivity index (χ1) is 13.7. The van der Waals surface area contributed by atoms with Crippen molar-refractivity contribution in [3.8, 4) is 0 Å². The summed E-state index contributed by atoms with van der Waals surface area (Å²) in [7, 11) is 0. The van der Waals surface area contributed by atoms with E-state index in [1.165, 1.54) is 5.56 Å². The quantitative estimate of drug-likeness (QED) is 0.619. The predicted octanol–water partition coefficient (Wildman–Crippen LogP) is 5.61. The van der Waals surface area contributed by atoms with Crippen LogP contribution in [0, 0.1) is 12.3 Å². The van der Waals surface area contributed by atoms with E-state index in [0.29, 0.717) is 31.0 Å². The third kappa shape index (κ3) is 5.83. The fourth-order valence-electron chi connectivity index (χ4n) is 3.48. The van der Waals surface area contributed by atoms with Gasteiger partial charge in [0.15, 0.2) is 6.10 Å². The second kappa shape index (κ2) is 9.00. The molecule has 1 amide bonds. The molecule has 0 spiro atoms. The molecular weight excluding hydrogens is 384 g/mol. The molecule has 2 aromatic rings. The van der Waals surface area contributed by atoms with Gasteiger partial charge in [-0.05, 0) is 29.5 Å². The van der Waals surface area contributed by atoms with Crippen LogP contribution in [0.5, 0.6) is 0 Å². The largest absolute Gasteiger partial charge is 0.390 e. The van der Waals surface area contributed by atoms with Gasteiger partial charge in [0.1, 0.15) is 0 Å². The van der Waals surface area contributed by atoms with Gasteiger partial charge in [-0.25, -0.2) is 0 Å². The Balaban J connectivity index is 1.73. The number of carbonyl (C=O) groups excluding carboxylic acids is 1. The van der Waals surface area contributed by atoms with Crippen LogP contribution in [-0.2, 0) is 16.2 Å². The molecule has 0 radical (unpaired) electrons. The molecule has 1 atom stereocenters. The Bertz CT molecular complexity index is 902. The van der Waals surface area contributed by atoms with Crippen molar-refractivity contribution in [2.24, 2.45) is 10.6 Å². The summed E-state index contributed by atoms with van der Waals surface area (Å²) in [5.41, 5.74) is 4.07. The summed E-state index contributed by atoms with van der Waals surface area (Å²) in [6.45, 7) is 9.24. The van der Waals surface area contributed by atoms with Gasteiger partial charge in [0.2, 0.25) is 5.91 Å². The Morgan fingerprint density at radius 1 is 1.17 bits per heavy atom. The van der Waals surface area contributed by atoms with Crippen molar-refractivity contribution in [2.45, 2.75) is 53.2 Å². The minimum absolute atomic E-state index is 0.0881. The van der Waals surface area contributed by atoms with Crippen molar-refractivity contribution >= 4 is 23.2 Å². The molecule has 0 aromatic heterocycles. The summed E-state index contributed by atoms with van der Waals surface area (Å²) >= 11 is 6.35. The summed E-state index contributed by atoms with van der Waals surface area (Å²) in [4.78, 5) is 20.6. The predicted molar refractivity (Wildman–Crippen MR) is 118 cm³/mol. The maximum Gasteiger partial charge on any atom is 0.223 e. The lowest BCUT2D eigenvalue weighted by molar-refractivity contribution is -0.135. The Kier molecular flexibility index (Phi) is 6.63. The summed E-state index contributed by atoms with van der Waals surface area (Å²) < 4.78 is 0. The molecular formula is C24H29ClN2O2. The summed E-state index contributed by atoms with van der Waals surface area (Å²) in [5, 5.41) is 4.98. The first kappa shape index (κ1) is 21.4. The first-order valence-electron chi connectivity index (χ1n) is 10.0. The number of rotatable bonds is 6. The van der Waals surface area contributed by atoms with Crippen LogP contribution in [0.25, 0.3) is 0 Å². The third-order valence-electron chi connectivity index (χ3n) is 4.97. The van der Waals surface area contributed by atoms with Gasteiger partial charge in [-0.2, -0.15) is 0 Å². The second-order valence-electron chi connectivity index (χ2n) is 8.89. The highest BCUT2D eigenvalue weighted by molar-refractivity contribution is 6.31. The lowest BCUT2D eigenvalue weighted by Gasteiger charge is -2.28. The molecule has 0 saturated carbocycles. The summed E-state index contributed by atoms with van der Waals surface area (Å²) in [6.07, 6.45) is 0.999. The van der Waals surface area contributed by atoms with Crippen molar-refractivity contribution in [3.63, 3.8) is 0 Å². The third-order valence-corrected chi connectivity index (χ3v) is 5.34. The number of carbonyl (C=O) groups is 1. The molecule has 29 heavy (non-hydrogen) atoms. The standard InChI is InChI=1S/C24H29ClN2O2/c1-17-9-5-7-11-20(17)22-13-19(29-26-22)16-27(23(28)14-24(2,3)4)15-18-10-6-8-12-21(18)25/h5-12,19H,13-16H2,1-4H3/t19-/m0/s1. The van der Waals surface area contributed by atoms with Crippen LogP contribution < -0.4 is 0 Å². The van der Waals surface area contributed by atoms with E-state index in [1.807, 2.05) is 41.3 Å². The minimum atomic E-state index is -0.156. The van der Waals surface area contributed by atoms with Crippen LogP contribution in [0.4, 0.5) is 0 Å². The van der Waals surface area contributed by atoms with Gasteiger partial charge in [0.05, 0.1) is 12.3 Å². The van der Waals surface area contributed by atoms with Crippen LogP contribution in [0.1, 0.15) is 50.3 Å². The van der Waals surface area contributed by atoms with Gasteiger partial charge in [-0.1, -0.05) is 80.0 Å². The number of hydrogen-bond acceptors (Lipinski definition) is 3. The molecule has 0 N–H and O–H groups in total. The molecule has 1 heterocycles. The summed E-state index contributed by atoms with van der Waals surface area (Å²) in [6, 6.07) is 15.8. The molecule has 0 unspecified atom stereocenters. The molecule has 3 rings (SSSR count). The van der Waals surface area contributed by atoms with Gasteiger partial charge >= 0.3 is 0 Å². The maximum absolute atomic E-state index is 13.1. The molecule has 5 heteroatoms. The van der Waals surface area contributed by atoms with Crippen molar-refractivity contribution in [3.05, 3.63) is 70.2 Å². The van der Waals surface area contributed by atoms with Gasteiger partial charge in [-0.15, -0.1) is 0 Å². The number of hydrogen-bond donors (Lipinski definition) is 0.